The number of amides is 2. The largest absolute Gasteiger partial charge is 0.573 e. The second-order valence-electron chi connectivity index (χ2n) is 9.80. The molecule has 0 fully saturated rings. The smallest absolute Gasteiger partial charge is 0.461 e. The summed E-state index contributed by atoms with van der Waals surface area (Å²) in [4.78, 5) is 41.2. The van der Waals surface area contributed by atoms with Crippen LogP contribution in [0.5, 0.6) is 5.75 Å². The first-order valence-electron chi connectivity index (χ1n) is 13.3. The predicted molar refractivity (Wildman–Crippen MR) is 147 cm³/mol. The third-order valence-electron chi connectivity index (χ3n) is 5.58. The number of nitrogens with one attached hydrogen (secondary N) is 3. The van der Waals surface area contributed by atoms with Crippen LogP contribution in [0.4, 0.5) is 42.6 Å². The van der Waals surface area contributed by atoms with Crippen molar-refractivity contribution in [1.29, 1.82) is 0 Å². The van der Waals surface area contributed by atoms with Gasteiger partial charge in [-0.25, -0.2) is 14.6 Å². The number of hydrogen-bond donors (Lipinski definition) is 3. The van der Waals surface area contributed by atoms with Crippen molar-refractivity contribution in [1.82, 2.24) is 14.9 Å². The second kappa shape index (κ2) is 15.3. The van der Waals surface area contributed by atoms with E-state index in [0.717, 1.165) is 36.4 Å². The summed E-state index contributed by atoms with van der Waals surface area (Å²) >= 11 is 0. The van der Waals surface area contributed by atoms with Crippen molar-refractivity contribution in [2.24, 2.45) is 5.92 Å². The summed E-state index contributed by atoms with van der Waals surface area (Å²) in [5.74, 6) is -2.21. The van der Waals surface area contributed by atoms with Gasteiger partial charge in [-0.15, -0.1) is 13.2 Å². The Bertz CT molecular complexity index is 1440. The molecule has 0 aliphatic rings. The number of halogens is 6. The predicted octanol–water partition coefficient (Wildman–Crippen LogP) is 5.44. The van der Waals surface area contributed by atoms with E-state index in [1.54, 1.807) is 0 Å². The average Bonchev–Trinajstić information content (AvgIpc) is 3.32. The molecule has 0 saturated carbocycles. The van der Waals surface area contributed by atoms with Crippen LogP contribution in [0.25, 0.3) is 0 Å². The number of alkyl halides is 6. The molecule has 1 aromatic heterocycles. The maximum absolute atomic E-state index is 13.0. The Morgan fingerprint density at radius 2 is 1.53 bits per heavy atom. The van der Waals surface area contributed by atoms with Crippen LogP contribution in [0.3, 0.4) is 0 Å². The topological polar surface area (TPSA) is 133 Å². The van der Waals surface area contributed by atoms with Gasteiger partial charge in [-0.05, 0) is 54.4 Å². The highest BCUT2D eigenvalue weighted by Crippen LogP contribution is 2.29. The van der Waals surface area contributed by atoms with E-state index in [2.05, 4.69) is 25.7 Å². The number of carbonyl (C=O) groups excluding carboxylic acids is 3. The Morgan fingerprint density at radius 3 is 2.13 bits per heavy atom. The summed E-state index contributed by atoms with van der Waals surface area (Å²) in [5, 5.41) is 7.63. The molecule has 3 N–H and O–H groups in total. The molecule has 45 heavy (non-hydrogen) atoms. The standard InChI is InChI=1S/C28H29F6N5O6/c1-17(2)13-35-14-23(40)43-11-12-44-25(41)24-37-22(16-39(24)15-18-3-5-19(6-4-18)27(29,30)31)38-26(42)36-20-7-9-21(10-8-20)45-28(32,33)34/h3-10,16-17,35H,11-15H2,1-2H3,(H2,36,38,42). The van der Waals surface area contributed by atoms with Gasteiger partial charge in [0.15, 0.2) is 5.82 Å². The molecule has 0 saturated heterocycles. The van der Waals surface area contributed by atoms with Crippen molar-refractivity contribution in [3.8, 4) is 5.75 Å². The van der Waals surface area contributed by atoms with Crippen LogP contribution >= 0.6 is 0 Å². The molecule has 0 spiro atoms. The van der Waals surface area contributed by atoms with Gasteiger partial charge >= 0.3 is 30.5 Å². The number of rotatable bonds is 13. The minimum atomic E-state index is -4.89. The van der Waals surface area contributed by atoms with Crippen molar-refractivity contribution in [3.63, 3.8) is 0 Å². The van der Waals surface area contributed by atoms with Crippen LogP contribution in [0, 0.1) is 5.92 Å². The van der Waals surface area contributed by atoms with Gasteiger partial charge in [0, 0.05) is 18.4 Å². The highest BCUT2D eigenvalue weighted by atomic mass is 19.4. The van der Waals surface area contributed by atoms with Gasteiger partial charge in [-0.2, -0.15) is 13.2 Å². The number of nitrogens with zero attached hydrogens (tertiary/aromatic N) is 2. The molecule has 11 nitrogen and oxygen atoms in total. The molecule has 0 aliphatic heterocycles. The highest BCUT2D eigenvalue weighted by molar-refractivity contribution is 5.99. The van der Waals surface area contributed by atoms with E-state index in [9.17, 15) is 40.7 Å². The molecule has 3 rings (SSSR count). The fourth-order valence-electron chi connectivity index (χ4n) is 3.64. The lowest BCUT2D eigenvalue weighted by molar-refractivity contribution is -0.274. The summed E-state index contributed by atoms with van der Waals surface area (Å²) in [6, 6.07) is 7.54. The number of anilines is 2. The molecule has 0 radical (unpaired) electrons. The Balaban J connectivity index is 1.67. The average molecular weight is 646 g/mol. The Kier molecular flexibility index (Phi) is 11.8. The summed E-state index contributed by atoms with van der Waals surface area (Å²) in [6.45, 7) is 3.76. The third-order valence-corrected chi connectivity index (χ3v) is 5.58. The molecule has 2 aromatic carbocycles. The van der Waals surface area contributed by atoms with Gasteiger partial charge < -0.3 is 29.4 Å². The van der Waals surface area contributed by atoms with E-state index >= 15 is 0 Å². The SMILES string of the molecule is CC(C)CNCC(=O)OCCOC(=O)c1nc(NC(=O)Nc2ccc(OC(F)(F)F)cc2)cn1Cc1ccc(C(F)(F)F)cc1. The lowest BCUT2D eigenvalue weighted by atomic mass is 10.1. The second-order valence-corrected chi connectivity index (χ2v) is 9.80. The summed E-state index contributed by atoms with van der Waals surface area (Å²) in [6.07, 6.45) is -8.21. The van der Waals surface area contributed by atoms with E-state index in [1.165, 1.54) is 22.9 Å². The number of benzene rings is 2. The Labute approximate surface area is 252 Å². The molecule has 244 valence electrons. The van der Waals surface area contributed by atoms with Crippen molar-refractivity contribution in [3.05, 3.63) is 71.7 Å². The third kappa shape index (κ3) is 12.0. The fraction of sp³-hybridized carbons (Fsp3) is 0.357. The first kappa shape index (κ1) is 34.7. The minimum absolute atomic E-state index is 0.0355. The van der Waals surface area contributed by atoms with Crippen LogP contribution in [-0.2, 0) is 27.0 Å². The molecular weight excluding hydrogens is 616 g/mol. The number of aromatic nitrogens is 2. The summed E-state index contributed by atoms with van der Waals surface area (Å²) in [5.41, 5.74) is -0.420. The van der Waals surface area contributed by atoms with Gasteiger partial charge in [-0.3, -0.25) is 10.1 Å². The van der Waals surface area contributed by atoms with E-state index < -0.39 is 41.8 Å². The fourth-order valence-corrected chi connectivity index (χ4v) is 3.64. The maximum atomic E-state index is 13.0. The lowest BCUT2D eigenvalue weighted by Gasteiger charge is -2.10. The zero-order valence-electron chi connectivity index (χ0n) is 23.9. The lowest BCUT2D eigenvalue weighted by Crippen LogP contribution is -2.28. The first-order chi connectivity index (χ1) is 21.1. The number of ether oxygens (including phenoxy) is 3. The number of urea groups is 1. The molecule has 2 amide bonds. The van der Waals surface area contributed by atoms with Crippen LogP contribution in [0.2, 0.25) is 0 Å². The van der Waals surface area contributed by atoms with Crippen LogP contribution in [0.15, 0.2) is 54.7 Å². The number of hydrogen-bond acceptors (Lipinski definition) is 8. The molecule has 0 atom stereocenters. The Morgan fingerprint density at radius 1 is 0.889 bits per heavy atom. The van der Waals surface area contributed by atoms with Crippen LogP contribution < -0.4 is 20.7 Å². The van der Waals surface area contributed by atoms with Crippen molar-refractivity contribution >= 4 is 29.5 Å². The number of carbonyl (C=O) groups is 3. The number of imidazole rings is 1. The normalized spacial score (nSPS) is 11.7. The first-order valence-corrected chi connectivity index (χ1v) is 13.3. The van der Waals surface area contributed by atoms with Gasteiger partial charge in [0.25, 0.3) is 0 Å². The van der Waals surface area contributed by atoms with Crippen molar-refractivity contribution in [2.45, 2.75) is 32.9 Å². The van der Waals surface area contributed by atoms with Crippen molar-refractivity contribution in [2.75, 3.05) is 36.9 Å². The molecule has 0 unspecified atom stereocenters. The molecule has 0 aliphatic carbocycles. The molecule has 17 heteroatoms. The zero-order chi connectivity index (χ0) is 33.2. The van der Waals surface area contributed by atoms with Crippen molar-refractivity contribution < 1.29 is 54.9 Å². The quantitative estimate of drug-likeness (QED) is 0.127. The minimum Gasteiger partial charge on any atom is -0.461 e. The molecule has 0 bridgehead atoms. The zero-order valence-corrected chi connectivity index (χ0v) is 23.9. The molecule has 3 aromatic rings. The van der Waals surface area contributed by atoms with E-state index in [0.29, 0.717) is 18.0 Å². The van der Waals surface area contributed by atoms with Crippen LogP contribution in [-0.4, -0.2) is 60.2 Å². The monoisotopic (exact) mass is 645 g/mol. The van der Waals surface area contributed by atoms with E-state index in [1.807, 2.05) is 13.8 Å². The van der Waals surface area contributed by atoms with E-state index in [4.69, 9.17) is 9.47 Å². The van der Waals surface area contributed by atoms with Gasteiger partial charge in [-0.1, -0.05) is 26.0 Å². The van der Waals surface area contributed by atoms with E-state index in [-0.39, 0.29) is 43.6 Å². The molecular formula is C28H29F6N5O6. The maximum Gasteiger partial charge on any atom is 0.573 e. The number of esters is 2. The highest BCUT2D eigenvalue weighted by Gasteiger charge is 2.31. The Hall–Kier alpha value is -4.80. The summed E-state index contributed by atoms with van der Waals surface area (Å²) < 4.78 is 91.1. The van der Waals surface area contributed by atoms with Gasteiger partial charge in [0.05, 0.1) is 12.1 Å². The van der Waals surface area contributed by atoms with Gasteiger partial charge in [0.1, 0.15) is 19.0 Å². The molecule has 1 heterocycles. The van der Waals surface area contributed by atoms with Gasteiger partial charge in [0.2, 0.25) is 5.82 Å². The summed E-state index contributed by atoms with van der Waals surface area (Å²) in [7, 11) is 0. The van der Waals surface area contributed by atoms with Crippen LogP contribution in [0.1, 0.15) is 35.6 Å².